The molecule has 22 heavy (non-hydrogen) atoms. The van der Waals surface area contributed by atoms with Crippen molar-refractivity contribution in [3.63, 3.8) is 0 Å². The van der Waals surface area contributed by atoms with Gasteiger partial charge in [0.2, 0.25) is 0 Å². The predicted molar refractivity (Wildman–Crippen MR) is 37.2 cm³/mol. The Balaban J connectivity index is -0.000000108. The second kappa shape index (κ2) is 4.96. The molecule has 0 rings (SSSR count). The van der Waals surface area contributed by atoms with E-state index in [1.54, 1.807) is 0 Å². The van der Waals surface area contributed by atoms with Crippen LogP contribution in [0, 0.1) is 0 Å². The van der Waals surface area contributed by atoms with Crippen molar-refractivity contribution in [3.8, 4) is 0 Å². The number of rotatable bonds is 0. The van der Waals surface area contributed by atoms with Crippen molar-refractivity contribution in [1.29, 1.82) is 0 Å². The van der Waals surface area contributed by atoms with E-state index in [4.69, 9.17) is 0 Å². The van der Waals surface area contributed by atoms with Crippen molar-refractivity contribution in [2.45, 2.75) is 0 Å². The summed E-state index contributed by atoms with van der Waals surface area (Å²) in [4.78, 5) is 0. The van der Waals surface area contributed by atoms with Crippen LogP contribution in [0.15, 0.2) is 0 Å². The third kappa shape index (κ3) is 2860. The molecule has 0 aromatic rings. The molecule has 0 radical (unpaired) electrons. The van der Waals surface area contributed by atoms with Gasteiger partial charge in [-0.2, -0.15) is 0 Å². The van der Waals surface area contributed by atoms with Gasteiger partial charge in [0.25, 0.3) is 0 Å². The molecule has 0 aromatic heterocycles. The number of halogens is 18. The first-order chi connectivity index (χ1) is 7.35. The molecule has 0 amide bonds. The Labute approximate surface area is 127 Å². The molecule has 0 saturated carbocycles. The van der Waals surface area contributed by atoms with E-state index < -0.39 is 58.4 Å². The fraction of sp³-hybridized carbons (Fsp3) is 0. The largest absolute Gasteiger partial charge is 3.00 e. The van der Waals surface area contributed by atoms with Crippen molar-refractivity contribution in [3.05, 3.63) is 0 Å². The quantitative estimate of drug-likeness (QED) is 0.196. The van der Waals surface area contributed by atoms with Crippen molar-refractivity contribution in [1.82, 2.24) is 0 Å². The maximum Gasteiger partial charge on any atom is 3.00 e. The average Bonchev–Trinajstić information content (AvgIpc) is 1.19. The normalized spacial score (nSPS) is 22.1. The Morgan fingerprint density at radius 1 is 0.227 bits per heavy atom. The zero-order valence-corrected chi connectivity index (χ0v) is 17.8. The molecule has 0 heterocycles. The van der Waals surface area contributed by atoms with Gasteiger partial charge in [-0.25, -0.2) is 0 Å². The number of hydrogen-bond acceptors (Lipinski definition) is 0. The third-order valence-corrected chi connectivity index (χ3v) is 0. The van der Waals surface area contributed by atoms with E-state index in [0.717, 1.165) is 0 Å². The topological polar surface area (TPSA) is 0 Å². The summed E-state index contributed by atoms with van der Waals surface area (Å²) in [5.74, 6) is 0. The first-order valence-electron chi connectivity index (χ1n) is 3.04. The molecule has 0 aliphatic carbocycles. The maximum absolute atomic E-state index is 11.2. The molecule has 22 heteroatoms. The van der Waals surface area contributed by atoms with Gasteiger partial charge in [0, 0.05) is 0 Å². The Kier molecular flexibility index (Phi) is 7.11. The summed E-state index contributed by atoms with van der Waals surface area (Å²) in [5, 5.41) is 0. The molecule has 0 unspecified atom stereocenters. The zero-order valence-electron chi connectivity index (χ0n) is 8.48. The third-order valence-electron chi connectivity index (χ3n) is 0. The van der Waals surface area contributed by atoms with E-state index >= 15 is 0 Å². The summed E-state index contributed by atoms with van der Waals surface area (Å²) < 4.78 is 179. The van der Waals surface area contributed by atoms with Gasteiger partial charge in [-0.05, 0) is 0 Å². The van der Waals surface area contributed by atoms with Crippen LogP contribution in [0.1, 0.15) is 0 Å². The first kappa shape index (κ1) is 31.6. The van der Waals surface area contributed by atoms with E-state index in [2.05, 4.69) is 0 Å². The molecule has 0 spiro atoms. The summed E-state index contributed by atoms with van der Waals surface area (Å²) in [6.07, 6.45) is 0. The smallest absolute Gasteiger partial charge is 3.00 e. The second-order valence-corrected chi connectivity index (χ2v) is 19.3. The predicted octanol–water partition coefficient (Wildman–Crippen LogP) is 6.42. The van der Waals surface area contributed by atoms with Gasteiger partial charge in [-0.3, -0.25) is 0 Å². The molecule has 0 bridgehead atoms. The van der Waals surface area contributed by atoms with Crippen LogP contribution in [0.5, 0.6) is 0 Å². The van der Waals surface area contributed by atoms with Crippen LogP contribution in [0.4, 0.5) is 50.6 Å². The molecule has 0 N–H and O–H groups in total. The second-order valence-electron chi connectivity index (χ2n) is 2.87. The van der Waals surface area contributed by atoms with Crippen LogP contribution in [-0.2, 0) is 19.5 Å². The average molecular weight is 810 g/mol. The molecule has 0 aliphatic heterocycles. The Hall–Kier alpha value is 1.82. The van der Waals surface area contributed by atoms with Gasteiger partial charge >= 0.3 is 129 Å². The summed E-state index contributed by atoms with van der Waals surface area (Å²) in [6.45, 7) is 0. The zero-order chi connectivity index (χ0) is 19.2. The monoisotopic (exact) mass is 808 g/mol. The summed E-state index contributed by atoms with van der Waals surface area (Å²) in [7, 11) is 0. The van der Waals surface area contributed by atoms with Crippen LogP contribution < -0.4 is 0 Å². The van der Waals surface area contributed by atoms with E-state index in [1.165, 1.54) is 0 Å². The fourth-order valence-corrected chi connectivity index (χ4v) is 0. The fourth-order valence-electron chi connectivity index (χ4n) is 0. The van der Waals surface area contributed by atoms with Crippen LogP contribution >= 0.6 is 0 Å². The molecule has 0 fully saturated rings. The molecular weight excluding hydrogens is 810 g/mol. The molecule has 0 aliphatic rings. The van der Waals surface area contributed by atoms with Crippen molar-refractivity contribution in [2.75, 3.05) is 0 Å². The van der Waals surface area contributed by atoms with Gasteiger partial charge in [-0.1, -0.05) is 0 Å². The van der Waals surface area contributed by atoms with E-state index in [9.17, 15) is 50.6 Å². The summed E-state index contributed by atoms with van der Waals surface area (Å²) in [5.41, 5.74) is 0. The van der Waals surface area contributed by atoms with Crippen LogP contribution in [-0.4, -0.2) is 58.4 Å². The summed E-state index contributed by atoms with van der Waals surface area (Å²) in [6, 6.07) is 0. The van der Waals surface area contributed by atoms with Crippen molar-refractivity contribution >= 4 is 58.4 Å². The van der Waals surface area contributed by atoms with Crippen LogP contribution in [0.3, 0.4) is 0 Å². The molecule has 0 aromatic carbocycles. The first-order valence-corrected chi connectivity index (χ1v) is 20.4. The Morgan fingerprint density at radius 3 is 0.227 bits per heavy atom. The molecule has 0 nitrogen and oxygen atoms in total. The van der Waals surface area contributed by atoms with Gasteiger partial charge in [-0.15, -0.1) is 0 Å². The van der Waals surface area contributed by atoms with Gasteiger partial charge in [0.05, 0.1) is 0 Å². The van der Waals surface area contributed by atoms with E-state index in [-0.39, 0.29) is 19.5 Å². The minimum atomic E-state index is -11.2. The molecule has 0 saturated heterocycles. The van der Waals surface area contributed by atoms with Crippen molar-refractivity contribution < 1.29 is 70.1 Å². The minimum absolute atomic E-state index is 0. The Bertz CT molecular complexity index is 265. The van der Waals surface area contributed by atoms with Crippen LogP contribution in [0.25, 0.3) is 0 Å². The van der Waals surface area contributed by atoms with Gasteiger partial charge < -0.3 is 0 Å². The van der Waals surface area contributed by atoms with Crippen LogP contribution in [0.2, 0.25) is 0 Å². The summed E-state index contributed by atoms with van der Waals surface area (Å²) >= 11 is -33.8. The number of hydrogen-bond donors (Lipinski definition) is 0. The van der Waals surface area contributed by atoms with Gasteiger partial charge in [0.1, 0.15) is 0 Å². The standard InChI is InChI=1S/18FH.Rh.3Sb/h18*1H;;;;/q;;;;;;;;;;;;;;;;;;+3;3*+5/p-18. The molecular formula is F18RhSb3. The minimum Gasteiger partial charge on any atom is 3.00 e. The van der Waals surface area contributed by atoms with E-state index in [1.807, 2.05) is 0 Å². The molecule has 150 valence electrons. The van der Waals surface area contributed by atoms with Gasteiger partial charge in [0.15, 0.2) is 0 Å². The maximum atomic E-state index is 9.93. The van der Waals surface area contributed by atoms with Crippen molar-refractivity contribution in [2.24, 2.45) is 0 Å². The molecule has 0 atom stereocenters. The Morgan fingerprint density at radius 2 is 0.227 bits per heavy atom. The SMILES string of the molecule is [F][Sb-]([F])([F])([F])([F])[F].[F][Sb-]([F])([F])([F])([F])[F].[F][Sb-]([F])([F])([F])([F])[F].[Rh+3]. The van der Waals surface area contributed by atoms with E-state index in [0.29, 0.717) is 0 Å².